The number of piperazine rings is 1. The lowest BCUT2D eigenvalue weighted by atomic mass is 9.94. The zero-order valence-corrected chi connectivity index (χ0v) is 18.8. The van der Waals surface area contributed by atoms with E-state index in [1.54, 1.807) is 9.80 Å². The molecule has 2 aliphatic heterocycles. The maximum Gasteiger partial charge on any atom is 0.237 e. The van der Waals surface area contributed by atoms with Crippen LogP contribution in [0.4, 0.5) is 8.78 Å². The van der Waals surface area contributed by atoms with Crippen molar-refractivity contribution in [1.29, 1.82) is 0 Å². The second-order valence-electron chi connectivity index (χ2n) is 8.36. The summed E-state index contributed by atoms with van der Waals surface area (Å²) in [5.41, 5.74) is 0.160. The van der Waals surface area contributed by atoms with E-state index in [1.165, 1.54) is 12.1 Å². The normalized spacial score (nSPS) is 20.2. The lowest BCUT2D eigenvalue weighted by Gasteiger charge is -2.37. The van der Waals surface area contributed by atoms with Gasteiger partial charge >= 0.3 is 0 Å². The fourth-order valence-corrected chi connectivity index (χ4v) is 4.53. The summed E-state index contributed by atoms with van der Waals surface area (Å²) in [6.07, 6.45) is 1.18. The minimum absolute atomic E-state index is 0.0303. The first kappa shape index (κ1) is 24.1. The summed E-state index contributed by atoms with van der Waals surface area (Å²) in [5, 5.41) is 2.76. The molecule has 3 amide bonds. The van der Waals surface area contributed by atoms with E-state index in [1.807, 2.05) is 18.7 Å². The van der Waals surface area contributed by atoms with Crippen LogP contribution in [0.2, 0.25) is 0 Å². The predicted octanol–water partition coefficient (Wildman–Crippen LogP) is 1.76. The summed E-state index contributed by atoms with van der Waals surface area (Å²) in [6.45, 7) is 7.09. The van der Waals surface area contributed by atoms with Gasteiger partial charge in [0.15, 0.2) is 11.6 Å². The molecule has 0 aromatic heterocycles. The molecule has 2 heterocycles. The summed E-state index contributed by atoms with van der Waals surface area (Å²) >= 11 is 0. The van der Waals surface area contributed by atoms with E-state index >= 15 is 0 Å². The Labute approximate surface area is 187 Å². The van der Waals surface area contributed by atoms with Gasteiger partial charge in [0.05, 0.1) is 12.5 Å². The van der Waals surface area contributed by atoms with Gasteiger partial charge in [-0.15, -0.1) is 0 Å². The van der Waals surface area contributed by atoms with Crippen LogP contribution in [0.25, 0.3) is 0 Å². The van der Waals surface area contributed by atoms with Crippen LogP contribution in [0.3, 0.4) is 0 Å². The van der Waals surface area contributed by atoms with Crippen molar-refractivity contribution in [3.05, 3.63) is 35.4 Å². The summed E-state index contributed by atoms with van der Waals surface area (Å²) in [7, 11) is 0. The molecule has 3 rings (SSSR count). The third-order valence-electron chi connectivity index (χ3n) is 6.49. The molecule has 0 radical (unpaired) electrons. The Hall–Kier alpha value is -2.55. The van der Waals surface area contributed by atoms with Crippen LogP contribution in [0.15, 0.2) is 18.2 Å². The van der Waals surface area contributed by atoms with Crippen LogP contribution >= 0.6 is 0 Å². The molecule has 0 bridgehead atoms. The van der Waals surface area contributed by atoms with Crippen molar-refractivity contribution < 1.29 is 23.2 Å². The summed E-state index contributed by atoms with van der Waals surface area (Å²) in [5.74, 6) is -2.25. The molecule has 2 fully saturated rings. The average molecular weight is 451 g/mol. The Morgan fingerprint density at radius 1 is 1.12 bits per heavy atom. The van der Waals surface area contributed by atoms with Gasteiger partial charge in [0.1, 0.15) is 0 Å². The number of hydrogen-bond acceptors (Lipinski definition) is 4. The number of rotatable bonds is 7. The van der Waals surface area contributed by atoms with E-state index in [4.69, 9.17) is 0 Å². The van der Waals surface area contributed by atoms with Gasteiger partial charge in [-0.2, -0.15) is 0 Å². The molecular formula is C23H32F2N4O3. The minimum atomic E-state index is -0.932. The molecule has 0 aliphatic carbocycles. The zero-order valence-electron chi connectivity index (χ0n) is 18.8. The molecule has 32 heavy (non-hydrogen) atoms. The Morgan fingerprint density at radius 2 is 1.81 bits per heavy atom. The predicted molar refractivity (Wildman–Crippen MR) is 115 cm³/mol. The van der Waals surface area contributed by atoms with Crippen LogP contribution in [0.1, 0.15) is 38.7 Å². The molecule has 0 saturated carbocycles. The quantitative estimate of drug-likeness (QED) is 0.687. The fourth-order valence-electron chi connectivity index (χ4n) is 4.53. The van der Waals surface area contributed by atoms with Crippen molar-refractivity contribution in [2.75, 3.05) is 39.3 Å². The molecule has 1 aromatic carbocycles. The highest BCUT2D eigenvalue weighted by atomic mass is 19.2. The molecule has 1 atom stereocenters. The van der Waals surface area contributed by atoms with Gasteiger partial charge < -0.3 is 15.1 Å². The van der Waals surface area contributed by atoms with Crippen molar-refractivity contribution in [2.45, 2.75) is 45.7 Å². The first-order valence-corrected chi connectivity index (χ1v) is 11.4. The number of hydrogen-bond donors (Lipinski definition) is 1. The number of likely N-dealkylation sites (tertiary alicyclic amines) is 1. The van der Waals surface area contributed by atoms with Crippen LogP contribution < -0.4 is 5.32 Å². The molecule has 9 heteroatoms. The van der Waals surface area contributed by atoms with Gasteiger partial charge in [-0.05, 0) is 32.8 Å². The van der Waals surface area contributed by atoms with Gasteiger partial charge in [-0.25, -0.2) is 8.78 Å². The maximum absolute atomic E-state index is 14.1. The second-order valence-corrected chi connectivity index (χ2v) is 8.36. The minimum Gasteiger partial charge on any atom is -0.353 e. The highest BCUT2D eigenvalue weighted by Gasteiger charge is 2.35. The van der Waals surface area contributed by atoms with E-state index in [9.17, 15) is 23.2 Å². The lowest BCUT2D eigenvalue weighted by molar-refractivity contribution is -0.143. The molecule has 2 saturated heterocycles. The number of benzene rings is 1. The van der Waals surface area contributed by atoms with Crippen molar-refractivity contribution in [1.82, 2.24) is 20.0 Å². The van der Waals surface area contributed by atoms with E-state index in [0.717, 1.165) is 6.07 Å². The van der Waals surface area contributed by atoms with E-state index < -0.39 is 17.7 Å². The second kappa shape index (κ2) is 10.8. The number of nitrogens with one attached hydrogen (secondary N) is 1. The molecule has 7 nitrogen and oxygen atoms in total. The maximum atomic E-state index is 14.1. The van der Waals surface area contributed by atoms with Gasteiger partial charge in [-0.1, -0.05) is 12.1 Å². The monoisotopic (exact) mass is 450 g/mol. The average Bonchev–Trinajstić information content (AvgIpc) is 2.80. The van der Waals surface area contributed by atoms with Gasteiger partial charge in [0.2, 0.25) is 17.7 Å². The molecule has 1 N–H and O–H groups in total. The number of halogens is 2. The van der Waals surface area contributed by atoms with Gasteiger partial charge in [0, 0.05) is 57.3 Å². The highest BCUT2D eigenvalue weighted by Crippen LogP contribution is 2.23. The Morgan fingerprint density at radius 3 is 2.47 bits per heavy atom. The SMILES string of the molecule is CCN(CC)C(=O)C1CCN(C(=O)CC2C(=O)NCCN2Cc2cccc(F)c2F)CC1. The van der Waals surface area contributed by atoms with Crippen molar-refractivity contribution >= 4 is 17.7 Å². The van der Waals surface area contributed by atoms with Crippen LogP contribution in [-0.4, -0.2) is 77.7 Å². The van der Waals surface area contributed by atoms with Crippen LogP contribution in [-0.2, 0) is 20.9 Å². The smallest absolute Gasteiger partial charge is 0.237 e. The standard InChI is InChI=1S/C23H32F2N4O3/c1-3-27(4-2)23(32)16-8-11-28(12-9-16)20(30)14-19-22(31)26-10-13-29(19)15-17-6-5-7-18(24)21(17)25/h5-7,16,19H,3-4,8-15H2,1-2H3,(H,26,31). The third kappa shape index (κ3) is 5.43. The zero-order chi connectivity index (χ0) is 23.3. The van der Waals surface area contributed by atoms with Gasteiger partial charge in [0.25, 0.3) is 0 Å². The summed E-state index contributed by atoms with van der Waals surface area (Å²) in [4.78, 5) is 43.3. The van der Waals surface area contributed by atoms with E-state index in [0.29, 0.717) is 52.1 Å². The largest absolute Gasteiger partial charge is 0.353 e. The van der Waals surface area contributed by atoms with Crippen molar-refractivity contribution in [3.8, 4) is 0 Å². The Kier molecular flexibility index (Phi) is 8.17. The number of carbonyl (C=O) groups excluding carboxylic acids is 3. The molecule has 1 aromatic rings. The number of nitrogens with zero attached hydrogens (tertiary/aromatic N) is 3. The van der Waals surface area contributed by atoms with Crippen LogP contribution in [0, 0.1) is 17.6 Å². The number of piperidine rings is 1. The fraction of sp³-hybridized carbons (Fsp3) is 0.609. The topological polar surface area (TPSA) is 73.0 Å². The molecule has 0 spiro atoms. The molecule has 176 valence electrons. The summed E-state index contributed by atoms with van der Waals surface area (Å²) < 4.78 is 27.7. The molecule has 1 unspecified atom stereocenters. The van der Waals surface area contributed by atoms with Crippen molar-refractivity contribution in [2.24, 2.45) is 5.92 Å². The van der Waals surface area contributed by atoms with E-state index in [-0.39, 0.29) is 42.2 Å². The van der Waals surface area contributed by atoms with Gasteiger partial charge in [-0.3, -0.25) is 19.3 Å². The Balaban J connectivity index is 1.60. The summed E-state index contributed by atoms with van der Waals surface area (Å²) in [6, 6.07) is 3.23. The Bertz CT molecular complexity index is 839. The number of carbonyl (C=O) groups is 3. The molecule has 2 aliphatic rings. The molecular weight excluding hydrogens is 418 g/mol. The van der Waals surface area contributed by atoms with E-state index in [2.05, 4.69) is 5.32 Å². The number of amides is 3. The highest BCUT2D eigenvalue weighted by molar-refractivity contribution is 5.89. The first-order chi connectivity index (χ1) is 15.3. The third-order valence-corrected chi connectivity index (χ3v) is 6.49. The van der Waals surface area contributed by atoms with Crippen molar-refractivity contribution in [3.63, 3.8) is 0 Å². The lowest BCUT2D eigenvalue weighted by Crippen LogP contribution is -2.56. The first-order valence-electron chi connectivity index (χ1n) is 11.4. The van der Waals surface area contributed by atoms with Crippen LogP contribution in [0.5, 0.6) is 0 Å².